The van der Waals surface area contributed by atoms with Crippen molar-refractivity contribution in [2.75, 3.05) is 0 Å². The van der Waals surface area contributed by atoms with E-state index in [1.165, 1.54) is 29.3 Å². The molecular weight excluding hydrogens is 509 g/mol. The van der Waals surface area contributed by atoms with Crippen molar-refractivity contribution < 1.29 is 14.6 Å². The van der Waals surface area contributed by atoms with Crippen LogP contribution in [0.15, 0.2) is 66.7 Å². The quantitative estimate of drug-likeness (QED) is 0.233. The number of halogens is 1. The average molecular weight is 552 g/mol. The van der Waals surface area contributed by atoms with E-state index in [4.69, 9.17) is 0 Å². The van der Waals surface area contributed by atoms with E-state index >= 15 is 0 Å². The van der Waals surface area contributed by atoms with Crippen molar-refractivity contribution in [1.29, 1.82) is 0 Å². The lowest BCUT2D eigenvalue weighted by atomic mass is 9.80. The topological polar surface area (TPSA) is 45.4 Å². The summed E-state index contributed by atoms with van der Waals surface area (Å²) in [7, 11) is 0. The van der Waals surface area contributed by atoms with Crippen molar-refractivity contribution in [2.24, 2.45) is 0 Å². The smallest absolute Gasteiger partial charge is 0.147 e. The molecular formula is C37H42FNO2. The number of aromatic nitrogens is 1. The Kier molecular flexibility index (Phi) is 6.76. The van der Waals surface area contributed by atoms with Gasteiger partial charge in [-0.1, -0.05) is 74.4 Å². The Balaban J connectivity index is 1.94. The van der Waals surface area contributed by atoms with Crippen LogP contribution in [0.25, 0.3) is 38.6 Å². The second kappa shape index (κ2) is 9.65. The highest BCUT2D eigenvalue weighted by atomic mass is 19.1. The molecule has 0 aliphatic carbocycles. The maximum Gasteiger partial charge on any atom is 0.147 e. The molecule has 4 heteroatoms. The summed E-state index contributed by atoms with van der Waals surface area (Å²) in [6.07, 6.45) is 0.864. The van der Waals surface area contributed by atoms with Gasteiger partial charge >= 0.3 is 0 Å². The molecule has 1 aromatic heterocycles. The van der Waals surface area contributed by atoms with Crippen LogP contribution in [0.4, 0.5) is 4.39 Å². The van der Waals surface area contributed by atoms with Gasteiger partial charge in [-0.25, -0.2) is 4.39 Å². The summed E-state index contributed by atoms with van der Waals surface area (Å²) in [6.45, 7) is 19.8. The fraction of sp³-hybridized carbons (Fsp3) is 0.351. The number of fused-ring (bicyclic) bond motifs is 3. The van der Waals surface area contributed by atoms with Crippen LogP contribution in [-0.2, 0) is 16.2 Å². The molecule has 5 aromatic rings. The number of hydrogen-bond acceptors (Lipinski definition) is 2. The van der Waals surface area contributed by atoms with Crippen molar-refractivity contribution in [3.63, 3.8) is 0 Å². The van der Waals surface area contributed by atoms with Gasteiger partial charge in [-0.15, -0.1) is 0 Å². The first-order chi connectivity index (χ1) is 19.0. The van der Waals surface area contributed by atoms with Crippen molar-refractivity contribution in [2.45, 2.75) is 85.0 Å². The van der Waals surface area contributed by atoms with Crippen LogP contribution in [0.1, 0.15) is 85.4 Å². The Hall–Kier alpha value is -3.79. The van der Waals surface area contributed by atoms with Crippen molar-refractivity contribution in [3.05, 3.63) is 89.2 Å². The molecule has 0 aliphatic heterocycles. The summed E-state index contributed by atoms with van der Waals surface area (Å²) in [5, 5.41) is 24.9. The van der Waals surface area contributed by atoms with Gasteiger partial charge in [-0.3, -0.25) is 0 Å². The van der Waals surface area contributed by atoms with Crippen LogP contribution in [0.3, 0.4) is 0 Å². The lowest BCUT2D eigenvalue weighted by Gasteiger charge is -2.26. The highest BCUT2D eigenvalue weighted by Crippen LogP contribution is 2.46. The Bertz CT molecular complexity index is 1720. The molecule has 1 heterocycles. The third kappa shape index (κ3) is 4.98. The molecule has 5 rings (SSSR count). The van der Waals surface area contributed by atoms with Crippen LogP contribution in [0, 0.1) is 5.82 Å². The molecule has 0 fully saturated rings. The fourth-order valence-electron chi connectivity index (χ4n) is 5.53. The van der Waals surface area contributed by atoms with Gasteiger partial charge in [0.1, 0.15) is 17.3 Å². The summed E-state index contributed by atoms with van der Waals surface area (Å²) in [5.41, 5.74) is 6.43. The molecule has 0 radical (unpaired) electrons. The zero-order valence-corrected chi connectivity index (χ0v) is 25.8. The molecule has 0 atom stereocenters. The Labute approximate surface area is 243 Å². The molecule has 0 saturated heterocycles. The largest absolute Gasteiger partial charge is 0.507 e. The first-order valence-electron chi connectivity index (χ1n) is 14.5. The minimum absolute atomic E-state index is 0.000138. The third-order valence-corrected chi connectivity index (χ3v) is 8.74. The van der Waals surface area contributed by atoms with E-state index in [9.17, 15) is 14.6 Å². The van der Waals surface area contributed by atoms with Crippen LogP contribution >= 0.6 is 0 Å². The highest BCUT2D eigenvalue weighted by molar-refractivity contribution is 6.10. The summed E-state index contributed by atoms with van der Waals surface area (Å²) in [6, 6.07) is 20.9. The molecule has 2 N–H and O–H groups in total. The number of hydrogen-bond donors (Lipinski definition) is 2. The zero-order chi connectivity index (χ0) is 30.1. The Morgan fingerprint density at radius 2 is 1.17 bits per heavy atom. The second-order valence-corrected chi connectivity index (χ2v) is 14.1. The minimum atomic E-state index is -0.472. The van der Waals surface area contributed by atoms with Gasteiger partial charge in [0.15, 0.2) is 0 Å². The summed E-state index contributed by atoms with van der Waals surface area (Å²) < 4.78 is 16.5. The monoisotopic (exact) mass is 551 g/mol. The Morgan fingerprint density at radius 3 is 1.66 bits per heavy atom. The molecule has 41 heavy (non-hydrogen) atoms. The van der Waals surface area contributed by atoms with Gasteiger partial charge < -0.3 is 14.8 Å². The van der Waals surface area contributed by atoms with E-state index in [0.29, 0.717) is 11.3 Å². The molecule has 0 unspecified atom stereocenters. The summed E-state index contributed by atoms with van der Waals surface area (Å²) in [5.74, 6) is -0.550. The molecule has 0 bridgehead atoms. The molecule has 214 valence electrons. The van der Waals surface area contributed by atoms with Gasteiger partial charge in [0.2, 0.25) is 0 Å². The second-order valence-electron chi connectivity index (χ2n) is 14.1. The summed E-state index contributed by atoms with van der Waals surface area (Å²) in [4.78, 5) is 0. The molecule has 4 aromatic carbocycles. The summed E-state index contributed by atoms with van der Waals surface area (Å²) >= 11 is 0. The number of nitrogens with zero attached hydrogens (tertiary/aromatic N) is 1. The van der Waals surface area contributed by atoms with Gasteiger partial charge in [-0.05, 0) is 94.0 Å². The molecule has 0 amide bonds. The lowest BCUT2D eigenvalue weighted by molar-refractivity contribution is 0.464. The van der Waals surface area contributed by atoms with Crippen molar-refractivity contribution in [1.82, 2.24) is 4.57 Å². The fourth-order valence-corrected chi connectivity index (χ4v) is 5.53. The highest BCUT2D eigenvalue weighted by Gasteiger charge is 2.27. The van der Waals surface area contributed by atoms with Gasteiger partial charge in [0.05, 0.1) is 16.7 Å². The first kappa shape index (κ1) is 28.7. The number of benzene rings is 4. The van der Waals surface area contributed by atoms with Gasteiger partial charge in [-0.2, -0.15) is 0 Å². The number of phenolic OH excluding ortho intramolecular Hbond substituents is 2. The number of phenols is 2. The first-order valence-corrected chi connectivity index (χ1v) is 14.5. The van der Waals surface area contributed by atoms with Gasteiger partial charge in [0, 0.05) is 21.9 Å². The Morgan fingerprint density at radius 1 is 0.634 bits per heavy atom. The van der Waals surface area contributed by atoms with E-state index in [-0.39, 0.29) is 33.3 Å². The van der Waals surface area contributed by atoms with Gasteiger partial charge in [0.25, 0.3) is 0 Å². The predicted octanol–water partition coefficient (Wildman–Crippen LogP) is 10.3. The average Bonchev–Trinajstić information content (AvgIpc) is 3.22. The molecule has 0 aliphatic rings. The van der Waals surface area contributed by atoms with E-state index < -0.39 is 5.82 Å². The van der Waals surface area contributed by atoms with Crippen LogP contribution in [0.5, 0.6) is 11.5 Å². The standard InChI is InChI=1S/C37H42FNO2/c1-10-37(8,9)24-19-29(28-21-25(38)13-16-33(28)40)34(41)32(20-24)39-30-14-11-22(35(2,3)4)17-26(30)27-18-23(36(5,6)7)12-15-31(27)39/h11-21,40-41H,10H2,1-9H3. The maximum absolute atomic E-state index is 14.4. The van der Waals surface area contributed by atoms with Crippen LogP contribution in [-0.4, -0.2) is 14.8 Å². The number of aromatic hydroxyl groups is 2. The third-order valence-electron chi connectivity index (χ3n) is 8.74. The normalized spacial score (nSPS) is 12.9. The van der Waals surface area contributed by atoms with E-state index in [0.717, 1.165) is 33.8 Å². The predicted molar refractivity (Wildman–Crippen MR) is 170 cm³/mol. The lowest BCUT2D eigenvalue weighted by Crippen LogP contribution is -2.16. The molecule has 3 nitrogen and oxygen atoms in total. The van der Waals surface area contributed by atoms with E-state index in [1.54, 1.807) is 0 Å². The maximum atomic E-state index is 14.4. The zero-order valence-electron chi connectivity index (χ0n) is 25.8. The van der Waals surface area contributed by atoms with Crippen LogP contribution in [0.2, 0.25) is 0 Å². The SMILES string of the molecule is CCC(C)(C)c1cc(-c2cc(F)ccc2O)c(O)c(-n2c3ccc(C(C)(C)C)cc3c3cc(C(C)(C)C)ccc32)c1. The van der Waals surface area contributed by atoms with Crippen molar-refractivity contribution >= 4 is 21.8 Å². The molecule has 0 spiro atoms. The molecule has 0 saturated carbocycles. The van der Waals surface area contributed by atoms with E-state index in [1.807, 2.05) is 12.1 Å². The van der Waals surface area contributed by atoms with Crippen LogP contribution < -0.4 is 0 Å². The van der Waals surface area contributed by atoms with E-state index in [2.05, 4.69) is 103 Å². The van der Waals surface area contributed by atoms with Crippen molar-refractivity contribution in [3.8, 4) is 28.3 Å². The minimum Gasteiger partial charge on any atom is -0.507 e. The number of rotatable bonds is 4.